The molecule has 16 N–H and O–H groups in total. The highest BCUT2D eigenvalue weighted by Crippen LogP contribution is 2.40. The van der Waals surface area contributed by atoms with Crippen LogP contribution in [0.4, 0.5) is 0 Å². The molecule has 17 atom stereocenters. The van der Waals surface area contributed by atoms with Crippen LogP contribution in [-0.4, -0.2) is 254 Å². The normalized spacial score (nSPS) is 28.7. The molecule has 86 heavy (non-hydrogen) atoms. The predicted octanol–water partition coefficient (Wildman–Crippen LogP) is -2.20. The first-order valence-electron chi connectivity index (χ1n) is 31.1. The lowest BCUT2D eigenvalue weighted by molar-refractivity contribution is -0.300. The number of hydrogen-bond donors (Lipinski definition) is 16. The van der Waals surface area contributed by atoms with E-state index in [4.69, 9.17) is 28.4 Å². The van der Waals surface area contributed by atoms with Crippen molar-refractivity contribution in [3.05, 3.63) is 0 Å². The topological polar surface area (TPSA) is 449 Å². The molecule has 3 fully saturated rings. The van der Waals surface area contributed by atoms with E-state index in [0.29, 0.717) is 6.42 Å². The fraction of sp³-hybridized carbons (Fsp3) is 0.897. The molecule has 4 amide bonds. The number of ether oxygens (including phenoxy) is 6. The highest BCUT2D eigenvalue weighted by molar-refractivity contribution is 5.90. The number of carbonyl (C=O) groups is 6. The average molecular weight is 1240 g/mol. The minimum atomic E-state index is -1.70. The minimum Gasteiger partial charge on any atom is -0.394 e. The first kappa shape index (κ1) is 76.7. The zero-order valence-corrected chi connectivity index (χ0v) is 50.3. The van der Waals surface area contributed by atoms with Crippen molar-refractivity contribution in [2.45, 2.75) is 266 Å². The summed E-state index contributed by atoms with van der Waals surface area (Å²) in [5.41, 5.74) is -1.24. The van der Waals surface area contributed by atoms with E-state index >= 15 is 0 Å². The van der Waals surface area contributed by atoms with Crippen molar-refractivity contribution in [3.63, 3.8) is 0 Å². The Morgan fingerprint density at radius 2 is 0.791 bits per heavy atom. The zero-order chi connectivity index (χ0) is 63.6. The lowest BCUT2D eigenvalue weighted by Crippen LogP contribution is -2.59. The maximum absolute atomic E-state index is 14.8. The van der Waals surface area contributed by atoms with Gasteiger partial charge in [-0.05, 0) is 43.9 Å². The molecule has 3 saturated heterocycles. The lowest BCUT2D eigenvalue weighted by Gasteiger charge is -2.39. The van der Waals surface area contributed by atoms with Gasteiger partial charge in [-0.3, -0.25) is 28.8 Å². The van der Waals surface area contributed by atoms with Gasteiger partial charge >= 0.3 is 0 Å². The van der Waals surface area contributed by atoms with Crippen LogP contribution in [0.2, 0.25) is 0 Å². The van der Waals surface area contributed by atoms with Crippen molar-refractivity contribution in [2.24, 2.45) is 5.41 Å². The Bertz CT molecular complexity index is 1880. The van der Waals surface area contributed by atoms with Gasteiger partial charge in [-0.2, -0.15) is 0 Å². The monoisotopic (exact) mass is 1240 g/mol. The maximum Gasteiger partial charge on any atom is 0.220 e. The summed E-state index contributed by atoms with van der Waals surface area (Å²) in [6.45, 7) is 0.618. The average Bonchev–Trinajstić information content (AvgIpc) is 3.46. The summed E-state index contributed by atoms with van der Waals surface area (Å²) in [5.74, 6) is -2.59. The zero-order valence-electron chi connectivity index (χ0n) is 50.3. The van der Waals surface area contributed by atoms with Gasteiger partial charge in [0.1, 0.15) is 79.0 Å². The first-order chi connectivity index (χ1) is 41.1. The van der Waals surface area contributed by atoms with Gasteiger partial charge in [0.2, 0.25) is 23.6 Å². The van der Waals surface area contributed by atoms with Crippen LogP contribution < -0.4 is 21.3 Å². The van der Waals surface area contributed by atoms with Gasteiger partial charge in [0.05, 0.1) is 45.7 Å². The van der Waals surface area contributed by atoms with Crippen LogP contribution in [0.3, 0.4) is 0 Å². The van der Waals surface area contributed by atoms with Crippen molar-refractivity contribution in [1.82, 2.24) is 21.3 Å². The van der Waals surface area contributed by atoms with E-state index in [-0.39, 0.29) is 128 Å². The largest absolute Gasteiger partial charge is 0.394 e. The number of unbranched alkanes of at least 4 members (excludes halogenated alkanes) is 11. The number of rotatable bonds is 46. The van der Waals surface area contributed by atoms with Gasteiger partial charge in [-0.1, -0.05) is 84.5 Å². The summed E-state index contributed by atoms with van der Waals surface area (Å²) < 4.78 is 32.7. The molecule has 0 aliphatic carbocycles. The van der Waals surface area contributed by atoms with Crippen LogP contribution >= 0.6 is 0 Å². The second-order valence-corrected chi connectivity index (χ2v) is 22.9. The first-order valence-corrected chi connectivity index (χ1v) is 31.1. The molecule has 0 aromatic carbocycles. The molecular formula is C58H104N4O24. The van der Waals surface area contributed by atoms with E-state index in [0.717, 1.165) is 32.1 Å². The summed E-state index contributed by atoms with van der Waals surface area (Å²) in [6, 6.07) is -1.14. The Hall–Kier alpha value is -3.50. The van der Waals surface area contributed by atoms with Crippen LogP contribution in [0.25, 0.3) is 0 Å². The van der Waals surface area contributed by atoms with Gasteiger partial charge in [0, 0.05) is 64.6 Å². The number of carbonyl (C=O) groups excluding carboxylic acids is 6. The summed E-state index contributed by atoms with van der Waals surface area (Å²) in [6.07, 6.45) is -10.7. The van der Waals surface area contributed by atoms with E-state index in [1.807, 2.05) is 0 Å². The maximum atomic E-state index is 14.8. The van der Waals surface area contributed by atoms with Crippen molar-refractivity contribution in [3.8, 4) is 0 Å². The minimum absolute atomic E-state index is 0.0246. The number of ketones is 2. The number of aliphatic hydroxyl groups excluding tert-OH is 12. The molecule has 0 bridgehead atoms. The van der Waals surface area contributed by atoms with Gasteiger partial charge < -0.3 is 111 Å². The van der Waals surface area contributed by atoms with Crippen molar-refractivity contribution in [1.29, 1.82) is 0 Å². The molecule has 28 nitrogen and oxygen atoms in total. The highest BCUT2D eigenvalue weighted by Gasteiger charge is 2.46. The summed E-state index contributed by atoms with van der Waals surface area (Å²) in [7, 11) is 0. The van der Waals surface area contributed by atoms with E-state index < -0.39 is 147 Å². The lowest BCUT2D eigenvalue weighted by atomic mass is 9.70. The molecule has 0 aromatic heterocycles. The molecule has 500 valence electrons. The van der Waals surface area contributed by atoms with Crippen LogP contribution in [-0.2, 0) is 57.2 Å². The third-order valence-corrected chi connectivity index (χ3v) is 16.2. The number of amides is 4. The smallest absolute Gasteiger partial charge is 0.220 e. The van der Waals surface area contributed by atoms with Crippen molar-refractivity contribution < 1.29 is 118 Å². The van der Waals surface area contributed by atoms with Gasteiger partial charge in [0.15, 0.2) is 24.7 Å². The number of nitrogens with one attached hydrogen (secondary N) is 4. The summed E-state index contributed by atoms with van der Waals surface area (Å²) in [4.78, 5) is 81.8. The van der Waals surface area contributed by atoms with E-state index in [9.17, 15) is 90.0 Å². The third kappa shape index (κ3) is 27.3. The van der Waals surface area contributed by atoms with E-state index in [1.54, 1.807) is 6.92 Å². The fourth-order valence-corrected chi connectivity index (χ4v) is 10.7. The molecule has 0 aromatic rings. The number of hydrogen-bond acceptors (Lipinski definition) is 24. The molecule has 0 spiro atoms. The molecule has 3 aliphatic heterocycles. The highest BCUT2D eigenvalue weighted by atomic mass is 16.7. The van der Waals surface area contributed by atoms with Crippen molar-refractivity contribution in [2.75, 3.05) is 59.3 Å². The Morgan fingerprint density at radius 1 is 0.430 bits per heavy atom. The molecule has 3 rings (SSSR count). The van der Waals surface area contributed by atoms with Crippen molar-refractivity contribution >= 4 is 35.2 Å². The predicted molar refractivity (Wildman–Crippen MR) is 305 cm³/mol. The van der Waals surface area contributed by atoms with Gasteiger partial charge in [-0.15, -0.1) is 0 Å². The second kappa shape index (κ2) is 42.5. The molecule has 0 saturated carbocycles. The molecule has 0 radical (unpaired) electrons. The van der Waals surface area contributed by atoms with E-state index in [2.05, 4.69) is 28.2 Å². The Kier molecular flexibility index (Phi) is 37.9. The Balaban J connectivity index is 1.82. The van der Waals surface area contributed by atoms with E-state index in [1.165, 1.54) is 38.5 Å². The number of aliphatic hydroxyl groups is 12. The molecule has 3 unspecified atom stereocenters. The van der Waals surface area contributed by atoms with Crippen LogP contribution in [0.15, 0.2) is 0 Å². The fourth-order valence-electron chi connectivity index (χ4n) is 10.7. The third-order valence-electron chi connectivity index (χ3n) is 16.2. The molecule has 28 heteroatoms. The molecule has 3 aliphatic rings. The van der Waals surface area contributed by atoms with Gasteiger partial charge in [0.25, 0.3) is 0 Å². The summed E-state index contributed by atoms with van der Waals surface area (Å²) in [5, 5.41) is 132. The number of Topliss-reactive ketones (excluding diaryl/α,β-unsaturated/α-hetero) is 2. The molecule has 3 heterocycles. The van der Waals surface area contributed by atoms with Crippen LogP contribution in [0.5, 0.6) is 0 Å². The SMILES string of the molecule is CCCCCCCCCCCCCCC(=O)N[C@@H](CCC(=O)CC)C(=O)CC(CCCC(=O)NCCOC1O[C@H](CO)[C@@H](O)[C@H](O)[C@@H]1O)(CCC(=O)NCCOC1O[C@H](CO)[C@@H](O)[C@H](O)[C@@H]1O)CCC(=O)NCCO[C@H]1O[C@H](CO)[C@@H](O)[C@H](O)[C@@H]1O. The quantitative estimate of drug-likeness (QED) is 0.0288. The Morgan fingerprint density at radius 3 is 1.16 bits per heavy atom. The van der Waals surface area contributed by atoms with Crippen LogP contribution in [0.1, 0.15) is 168 Å². The Labute approximate surface area is 504 Å². The second-order valence-electron chi connectivity index (χ2n) is 22.9. The molecular weight excluding hydrogens is 1140 g/mol. The van der Waals surface area contributed by atoms with Gasteiger partial charge in [-0.25, -0.2) is 0 Å². The van der Waals surface area contributed by atoms with Crippen LogP contribution in [0, 0.1) is 5.41 Å². The standard InChI is InChI=1S/C58H104N4O24/c1-3-5-6-7-8-9-10-11-12-13-14-15-17-45(71)62-37(20-19-36(66)4-2)38(67)32-58(24-21-43(69)60-27-30-82-56-53(79)50(76)47(73)40(34-64)85-56,25-22-44(70)61-28-31-83-57-54(80)51(77)48(74)41(35-65)86-57)23-16-18-42(68)59-26-29-81-55-52(78)49(75)46(72)39(33-63)84-55/h37,39-41,46-57,63-65,72-80H,3-35H2,1-2H3,(H,59,68)(H,60,69)(H,61,70)(H,62,71)/t37-,39+,40+,41+,46+,47+,48+,49-,50-,51-,52-,53-,54-,55?,56-,57?,58?/m0/s1. The summed E-state index contributed by atoms with van der Waals surface area (Å²) >= 11 is 0.